The Kier molecular flexibility index (Phi) is 6.32. The Morgan fingerprint density at radius 1 is 1.17 bits per heavy atom. The van der Waals surface area contributed by atoms with Crippen LogP contribution < -0.4 is 10.6 Å². The van der Waals surface area contributed by atoms with Crippen LogP contribution in [0, 0.1) is 5.82 Å². The molecule has 0 saturated carbocycles. The van der Waals surface area contributed by atoms with Gasteiger partial charge in [-0.1, -0.05) is 35.9 Å². The van der Waals surface area contributed by atoms with Crippen LogP contribution in [-0.4, -0.2) is 24.4 Å². The Bertz CT molecular complexity index is 736. The molecule has 6 heteroatoms. The van der Waals surface area contributed by atoms with Gasteiger partial charge < -0.3 is 10.6 Å². The summed E-state index contributed by atoms with van der Waals surface area (Å²) in [6, 6.07) is 12.1. The van der Waals surface area contributed by atoms with Crippen molar-refractivity contribution < 1.29 is 14.0 Å². The number of benzene rings is 2. The first-order valence-electron chi connectivity index (χ1n) is 7.55. The van der Waals surface area contributed by atoms with Gasteiger partial charge in [0, 0.05) is 6.54 Å². The van der Waals surface area contributed by atoms with Gasteiger partial charge in [-0.3, -0.25) is 9.59 Å². The first-order chi connectivity index (χ1) is 11.5. The van der Waals surface area contributed by atoms with Crippen molar-refractivity contribution in [3.63, 3.8) is 0 Å². The minimum Gasteiger partial charge on any atom is -0.354 e. The predicted molar refractivity (Wildman–Crippen MR) is 91.5 cm³/mol. The maximum absolute atomic E-state index is 13.1. The number of amides is 2. The standard InChI is InChI=1S/C18H18ClFN2O2/c1-12(22-18(24)15-7-2-3-8-16(15)19)17(23)21-10-9-13-5-4-6-14(20)11-13/h2-8,11-12H,9-10H2,1H3,(H,21,23)(H,22,24)/t12-/m0/s1. The number of rotatable bonds is 6. The van der Waals surface area contributed by atoms with Gasteiger partial charge in [-0.15, -0.1) is 0 Å². The zero-order valence-electron chi connectivity index (χ0n) is 13.2. The lowest BCUT2D eigenvalue weighted by atomic mass is 10.1. The van der Waals surface area contributed by atoms with Crippen LogP contribution >= 0.6 is 11.6 Å². The van der Waals surface area contributed by atoms with Gasteiger partial charge >= 0.3 is 0 Å². The van der Waals surface area contributed by atoms with Crippen molar-refractivity contribution in [2.45, 2.75) is 19.4 Å². The molecule has 0 spiro atoms. The number of halogens is 2. The molecule has 0 saturated heterocycles. The molecule has 0 aliphatic heterocycles. The first-order valence-corrected chi connectivity index (χ1v) is 7.92. The summed E-state index contributed by atoms with van der Waals surface area (Å²) >= 11 is 5.95. The predicted octanol–water partition coefficient (Wildman–Crippen LogP) is 2.96. The molecule has 0 aliphatic carbocycles. The quantitative estimate of drug-likeness (QED) is 0.843. The van der Waals surface area contributed by atoms with Crippen molar-refractivity contribution >= 4 is 23.4 Å². The fourth-order valence-corrected chi connectivity index (χ4v) is 2.38. The second-order valence-corrected chi connectivity index (χ2v) is 5.75. The van der Waals surface area contributed by atoms with Crippen LogP contribution in [0.4, 0.5) is 4.39 Å². The minimum absolute atomic E-state index is 0.306. The molecule has 0 heterocycles. The molecule has 2 N–H and O–H groups in total. The van der Waals surface area contributed by atoms with E-state index in [0.717, 1.165) is 5.56 Å². The van der Waals surface area contributed by atoms with Gasteiger partial charge in [0.05, 0.1) is 10.6 Å². The Morgan fingerprint density at radius 3 is 2.62 bits per heavy atom. The third-order valence-corrected chi connectivity index (χ3v) is 3.79. The second kappa shape index (κ2) is 8.45. The van der Waals surface area contributed by atoms with E-state index in [0.29, 0.717) is 23.6 Å². The van der Waals surface area contributed by atoms with Gasteiger partial charge in [-0.25, -0.2) is 4.39 Å². The van der Waals surface area contributed by atoms with Crippen molar-refractivity contribution in [2.24, 2.45) is 0 Å². The van der Waals surface area contributed by atoms with E-state index in [1.807, 2.05) is 0 Å². The van der Waals surface area contributed by atoms with Crippen molar-refractivity contribution in [3.05, 3.63) is 70.5 Å². The van der Waals surface area contributed by atoms with E-state index < -0.39 is 11.9 Å². The van der Waals surface area contributed by atoms with E-state index in [4.69, 9.17) is 11.6 Å². The van der Waals surface area contributed by atoms with Crippen LogP contribution in [0.2, 0.25) is 5.02 Å². The van der Waals surface area contributed by atoms with E-state index in [1.54, 1.807) is 43.3 Å². The lowest BCUT2D eigenvalue weighted by Gasteiger charge is -2.14. The normalized spacial score (nSPS) is 11.6. The number of hydrogen-bond acceptors (Lipinski definition) is 2. The highest BCUT2D eigenvalue weighted by atomic mass is 35.5. The van der Waals surface area contributed by atoms with Crippen molar-refractivity contribution in [2.75, 3.05) is 6.54 Å². The average Bonchev–Trinajstić information content (AvgIpc) is 2.55. The number of nitrogens with one attached hydrogen (secondary N) is 2. The Labute approximate surface area is 145 Å². The Morgan fingerprint density at radius 2 is 1.92 bits per heavy atom. The number of carbonyl (C=O) groups excluding carboxylic acids is 2. The van der Waals surface area contributed by atoms with E-state index in [1.165, 1.54) is 12.1 Å². The van der Waals surface area contributed by atoms with Gasteiger partial charge in [0.25, 0.3) is 5.91 Å². The summed E-state index contributed by atoms with van der Waals surface area (Å²) < 4.78 is 13.1. The molecule has 4 nitrogen and oxygen atoms in total. The lowest BCUT2D eigenvalue weighted by molar-refractivity contribution is -0.122. The van der Waals surface area contributed by atoms with Gasteiger partial charge in [0.1, 0.15) is 11.9 Å². The largest absolute Gasteiger partial charge is 0.354 e. The van der Waals surface area contributed by atoms with E-state index in [9.17, 15) is 14.0 Å². The highest BCUT2D eigenvalue weighted by Gasteiger charge is 2.17. The maximum Gasteiger partial charge on any atom is 0.253 e. The van der Waals surface area contributed by atoms with Crippen molar-refractivity contribution in [1.29, 1.82) is 0 Å². The molecule has 2 aromatic rings. The van der Waals surface area contributed by atoms with Gasteiger partial charge in [0.2, 0.25) is 5.91 Å². The van der Waals surface area contributed by atoms with Gasteiger partial charge in [-0.05, 0) is 43.2 Å². The number of carbonyl (C=O) groups is 2. The van der Waals surface area contributed by atoms with Crippen molar-refractivity contribution in [3.8, 4) is 0 Å². The smallest absolute Gasteiger partial charge is 0.253 e. The lowest BCUT2D eigenvalue weighted by Crippen LogP contribution is -2.45. The molecule has 2 aromatic carbocycles. The molecule has 0 fully saturated rings. The third-order valence-electron chi connectivity index (χ3n) is 3.46. The van der Waals surface area contributed by atoms with Crippen LogP contribution in [0.15, 0.2) is 48.5 Å². The van der Waals surface area contributed by atoms with Crippen molar-refractivity contribution in [1.82, 2.24) is 10.6 Å². The molecule has 0 bridgehead atoms. The summed E-state index contributed by atoms with van der Waals surface area (Å²) in [7, 11) is 0. The molecule has 2 amide bonds. The average molecular weight is 349 g/mol. The molecular formula is C18H18ClFN2O2. The summed E-state index contributed by atoms with van der Waals surface area (Å²) in [6.07, 6.45) is 0.509. The Hall–Kier alpha value is -2.40. The Balaban J connectivity index is 1.82. The molecule has 1 atom stereocenters. The maximum atomic E-state index is 13.1. The zero-order chi connectivity index (χ0) is 17.5. The monoisotopic (exact) mass is 348 g/mol. The molecule has 0 aromatic heterocycles. The van der Waals surface area contributed by atoms with Crippen LogP contribution in [0.25, 0.3) is 0 Å². The molecule has 24 heavy (non-hydrogen) atoms. The SMILES string of the molecule is C[C@H](NC(=O)c1ccccc1Cl)C(=O)NCCc1cccc(F)c1. The molecule has 126 valence electrons. The van der Waals surface area contributed by atoms with Crippen LogP contribution in [0.3, 0.4) is 0 Å². The summed E-state index contributed by atoms with van der Waals surface area (Å²) in [6.45, 7) is 1.95. The highest BCUT2D eigenvalue weighted by molar-refractivity contribution is 6.33. The van der Waals surface area contributed by atoms with Gasteiger partial charge in [0.15, 0.2) is 0 Å². The van der Waals surface area contributed by atoms with Crippen LogP contribution in [0.5, 0.6) is 0 Å². The summed E-state index contributed by atoms with van der Waals surface area (Å²) in [5, 5.41) is 5.64. The number of hydrogen-bond donors (Lipinski definition) is 2. The molecule has 0 aliphatic rings. The third kappa shape index (κ3) is 5.06. The fraction of sp³-hybridized carbons (Fsp3) is 0.222. The van der Waals surface area contributed by atoms with E-state index in [-0.39, 0.29) is 11.7 Å². The van der Waals surface area contributed by atoms with E-state index in [2.05, 4.69) is 10.6 Å². The summed E-state index contributed by atoms with van der Waals surface area (Å²) in [5.41, 5.74) is 1.11. The molecule has 2 rings (SSSR count). The second-order valence-electron chi connectivity index (χ2n) is 5.35. The summed E-state index contributed by atoms with van der Waals surface area (Å²) in [4.78, 5) is 24.1. The van der Waals surface area contributed by atoms with Crippen LogP contribution in [-0.2, 0) is 11.2 Å². The summed E-state index contributed by atoms with van der Waals surface area (Å²) in [5.74, 6) is -1.03. The topological polar surface area (TPSA) is 58.2 Å². The molecular weight excluding hydrogens is 331 g/mol. The molecule has 0 radical (unpaired) electrons. The minimum atomic E-state index is -0.707. The molecule has 0 unspecified atom stereocenters. The first kappa shape index (κ1) is 17.9. The van der Waals surface area contributed by atoms with Crippen LogP contribution in [0.1, 0.15) is 22.8 Å². The highest BCUT2D eigenvalue weighted by Crippen LogP contribution is 2.14. The fourth-order valence-electron chi connectivity index (χ4n) is 2.16. The zero-order valence-corrected chi connectivity index (χ0v) is 13.9. The van der Waals surface area contributed by atoms with Gasteiger partial charge in [-0.2, -0.15) is 0 Å². The van der Waals surface area contributed by atoms with E-state index >= 15 is 0 Å².